The van der Waals surface area contributed by atoms with E-state index in [2.05, 4.69) is 15.5 Å². The molecule has 1 aromatic heterocycles. The van der Waals surface area contributed by atoms with Gasteiger partial charge < -0.3 is 5.32 Å². The Balaban J connectivity index is 2.03. The Bertz CT molecular complexity index is 586. The molecule has 1 aliphatic rings. The molecule has 124 valence electrons. The maximum atomic E-state index is 12.5. The molecule has 1 aliphatic heterocycles. The number of amides is 1. The Morgan fingerprint density at radius 1 is 1.50 bits per heavy atom. The fourth-order valence-electron chi connectivity index (χ4n) is 2.51. The summed E-state index contributed by atoms with van der Waals surface area (Å²) >= 11 is 1.24. The van der Waals surface area contributed by atoms with E-state index in [1.807, 2.05) is 13.8 Å². The predicted molar refractivity (Wildman–Crippen MR) is 84.7 cm³/mol. The van der Waals surface area contributed by atoms with Crippen LogP contribution in [0.2, 0.25) is 0 Å². The molecule has 1 atom stereocenters. The minimum atomic E-state index is -3.49. The Morgan fingerprint density at radius 2 is 2.23 bits per heavy atom. The lowest BCUT2D eigenvalue weighted by molar-refractivity contribution is -0.120. The van der Waals surface area contributed by atoms with Gasteiger partial charge in [0.1, 0.15) is 5.51 Å². The third kappa shape index (κ3) is 3.80. The molecule has 1 aromatic rings. The normalized spacial score (nSPS) is 20.2. The van der Waals surface area contributed by atoms with Gasteiger partial charge in [0.05, 0.1) is 5.92 Å². The van der Waals surface area contributed by atoms with E-state index in [1.165, 1.54) is 25.5 Å². The van der Waals surface area contributed by atoms with Crippen LogP contribution in [0.5, 0.6) is 0 Å². The molecule has 0 radical (unpaired) electrons. The molecule has 1 fully saturated rings. The van der Waals surface area contributed by atoms with Crippen molar-refractivity contribution < 1.29 is 13.2 Å². The summed E-state index contributed by atoms with van der Waals surface area (Å²) in [5.41, 5.74) is 1.54. The van der Waals surface area contributed by atoms with Crippen molar-refractivity contribution in [2.24, 2.45) is 5.92 Å². The van der Waals surface area contributed by atoms with E-state index in [9.17, 15) is 13.2 Å². The van der Waals surface area contributed by atoms with Crippen LogP contribution in [0.25, 0.3) is 0 Å². The standard InChI is InChI=1S/C12H21N5O3S2/c1-3-16(4-2)22(19,20)17-7-5-6-10(8-17)11(18)14-12-15-13-9-21-12/h9-10H,3-8H2,1-2H3,(H,14,15,18)/t10-/m1/s1. The maximum absolute atomic E-state index is 12.5. The summed E-state index contributed by atoms with van der Waals surface area (Å²) in [4.78, 5) is 12.2. The van der Waals surface area contributed by atoms with Crippen molar-refractivity contribution in [1.29, 1.82) is 0 Å². The predicted octanol–water partition coefficient (Wildman–Crippen LogP) is 0.775. The molecule has 0 spiro atoms. The van der Waals surface area contributed by atoms with Gasteiger partial charge in [0.15, 0.2) is 0 Å². The molecule has 0 bridgehead atoms. The molecule has 0 saturated carbocycles. The van der Waals surface area contributed by atoms with Crippen LogP contribution in [0, 0.1) is 5.92 Å². The van der Waals surface area contributed by atoms with Crippen LogP contribution in [-0.4, -0.2) is 59.3 Å². The van der Waals surface area contributed by atoms with Gasteiger partial charge in [-0.25, -0.2) is 0 Å². The first-order chi connectivity index (χ1) is 10.5. The summed E-state index contributed by atoms with van der Waals surface area (Å²) < 4.78 is 27.9. The number of anilines is 1. The number of nitrogens with one attached hydrogen (secondary N) is 1. The molecular formula is C12H21N5O3S2. The Morgan fingerprint density at radius 3 is 2.82 bits per heavy atom. The molecule has 2 heterocycles. The molecule has 1 N–H and O–H groups in total. The van der Waals surface area contributed by atoms with Crippen LogP contribution in [0.3, 0.4) is 0 Å². The van der Waals surface area contributed by atoms with Gasteiger partial charge in [-0.05, 0) is 12.8 Å². The number of carbonyl (C=O) groups is 1. The number of piperidine rings is 1. The Labute approximate surface area is 134 Å². The number of nitrogens with zero attached hydrogens (tertiary/aromatic N) is 4. The second-order valence-corrected chi connectivity index (χ2v) is 7.78. The van der Waals surface area contributed by atoms with E-state index in [0.717, 1.165) is 0 Å². The number of rotatable bonds is 6. The molecule has 0 unspecified atom stereocenters. The lowest BCUT2D eigenvalue weighted by Crippen LogP contribution is -2.49. The summed E-state index contributed by atoms with van der Waals surface area (Å²) in [7, 11) is -3.49. The molecule has 2 rings (SSSR count). The van der Waals surface area contributed by atoms with Crippen LogP contribution in [0.4, 0.5) is 5.13 Å². The largest absolute Gasteiger partial charge is 0.300 e. The number of carbonyl (C=O) groups excluding carboxylic acids is 1. The minimum absolute atomic E-state index is 0.198. The zero-order chi connectivity index (χ0) is 16.2. The lowest BCUT2D eigenvalue weighted by atomic mass is 9.99. The average molecular weight is 347 g/mol. The second-order valence-electron chi connectivity index (χ2n) is 5.02. The molecule has 0 aromatic carbocycles. The highest BCUT2D eigenvalue weighted by molar-refractivity contribution is 7.86. The van der Waals surface area contributed by atoms with Gasteiger partial charge in [0.2, 0.25) is 11.0 Å². The fraction of sp³-hybridized carbons (Fsp3) is 0.750. The first-order valence-corrected chi connectivity index (χ1v) is 9.59. The quantitative estimate of drug-likeness (QED) is 0.820. The number of aromatic nitrogens is 2. The van der Waals surface area contributed by atoms with Crippen molar-refractivity contribution in [3.05, 3.63) is 5.51 Å². The smallest absolute Gasteiger partial charge is 0.281 e. The van der Waals surface area contributed by atoms with Crippen LogP contribution in [0.15, 0.2) is 5.51 Å². The summed E-state index contributed by atoms with van der Waals surface area (Å²) in [5, 5.41) is 10.6. The van der Waals surface area contributed by atoms with Gasteiger partial charge >= 0.3 is 0 Å². The van der Waals surface area contributed by atoms with Gasteiger partial charge in [-0.3, -0.25) is 4.79 Å². The molecule has 1 amide bonds. The van der Waals surface area contributed by atoms with Gasteiger partial charge in [0, 0.05) is 26.2 Å². The van der Waals surface area contributed by atoms with E-state index in [-0.39, 0.29) is 18.4 Å². The van der Waals surface area contributed by atoms with E-state index < -0.39 is 10.2 Å². The Hall–Kier alpha value is -1.10. The molecule has 22 heavy (non-hydrogen) atoms. The van der Waals surface area contributed by atoms with Gasteiger partial charge in [-0.1, -0.05) is 25.2 Å². The van der Waals surface area contributed by atoms with Gasteiger partial charge in [-0.2, -0.15) is 17.0 Å². The first kappa shape index (κ1) is 17.3. The number of hydrogen-bond donors (Lipinski definition) is 1. The average Bonchev–Trinajstić information content (AvgIpc) is 3.01. The molecule has 0 aliphatic carbocycles. The van der Waals surface area contributed by atoms with Crippen molar-refractivity contribution in [3.8, 4) is 0 Å². The van der Waals surface area contributed by atoms with Crippen LogP contribution in [0.1, 0.15) is 26.7 Å². The van der Waals surface area contributed by atoms with Crippen LogP contribution >= 0.6 is 11.3 Å². The van der Waals surface area contributed by atoms with Crippen molar-refractivity contribution >= 4 is 32.6 Å². The molecule has 1 saturated heterocycles. The van der Waals surface area contributed by atoms with Crippen LogP contribution in [-0.2, 0) is 15.0 Å². The summed E-state index contributed by atoms with van der Waals surface area (Å²) in [6.07, 6.45) is 1.35. The van der Waals surface area contributed by atoms with E-state index >= 15 is 0 Å². The monoisotopic (exact) mass is 347 g/mol. The third-order valence-corrected chi connectivity index (χ3v) is 6.46. The van der Waals surface area contributed by atoms with Crippen molar-refractivity contribution in [1.82, 2.24) is 18.8 Å². The van der Waals surface area contributed by atoms with Crippen LogP contribution < -0.4 is 5.32 Å². The molecule has 8 nitrogen and oxygen atoms in total. The maximum Gasteiger partial charge on any atom is 0.281 e. The van der Waals surface area contributed by atoms with E-state index in [4.69, 9.17) is 0 Å². The summed E-state index contributed by atoms with van der Waals surface area (Å²) in [5.74, 6) is -0.556. The summed E-state index contributed by atoms with van der Waals surface area (Å²) in [6, 6.07) is 0. The van der Waals surface area contributed by atoms with Crippen molar-refractivity contribution in [3.63, 3.8) is 0 Å². The van der Waals surface area contributed by atoms with E-state index in [0.29, 0.717) is 37.6 Å². The number of hydrogen-bond acceptors (Lipinski definition) is 6. The summed E-state index contributed by atoms with van der Waals surface area (Å²) in [6.45, 7) is 5.15. The van der Waals surface area contributed by atoms with Gasteiger partial charge in [0.25, 0.3) is 10.2 Å². The van der Waals surface area contributed by atoms with Gasteiger partial charge in [-0.15, -0.1) is 10.2 Å². The molecule has 10 heteroatoms. The Kier molecular flexibility index (Phi) is 5.84. The second kappa shape index (κ2) is 7.44. The third-order valence-electron chi connectivity index (χ3n) is 3.70. The first-order valence-electron chi connectivity index (χ1n) is 7.31. The van der Waals surface area contributed by atoms with E-state index in [1.54, 1.807) is 0 Å². The highest BCUT2D eigenvalue weighted by atomic mass is 32.2. The topological polar surface area (TPSA) is 95.5 Å². The van der Waals surface area contributed by atoms with Crippen molar-refractivity contribution in [2.75, 3.05) is 31.5 Å². The zero-order valence-corrected chi connectivity index (χ0v) is 14.4. The highest BCUT2D eigenvalue weighted by Crippen LogP contribution is 2.22. The molecular weight excluding hydrogens is 326 g/mol. The highest BCUT2D eigenvalue weighted by Gasteiger charge is 2.35. The SMILES string of the molecule is CCN(CC)S(=O)(=O)N1CCC[C@@H](C(=O)Nc2nncs2)C1. The lowest BCUT2D eigenvalue weighted by Gasteiger charge is -2.34. The zero-order valence-electron chi connectivity index (χ0n) is 12.7. The fourth-order valence-corrected chi connectivity index (χ4v) is 4.67. The van der Waals surface area contributed by atoms with Crippen molar-refractivity contribution in [2.45, 2.75) is 26.7 Å². The minimum Gasteiger partial charge on any atom is -0.300 e.